The van der Waals surface area contributed by atoms with Gasteiger partial charge in [0.2, 0.25) is 0 Å². The quantitative estimate of drug-likeness (QED) is 0.545. The molecule has 2 rings (SSSR count). The van der Waals surface area contributed by atoms with E-state index in [1.165, 1.54) is 12.1 Å². The average Bonchev–Trinajstić information content (AvgIpc) is 2.69. The van der Waals surface area contributed by atoms with Crippen molar-refractivity contribution in [2.75, 3.05) is 20.2 Å². The summed E-state index contributed by atoms with van der Waals surface area (Å²) in [6, 6.07) is 5.78. The first-order chi connectivity index (χ1) is 7.89. The first-order valence-electron chi connectivity index (χ1n) is 5.07. The van der Waals surface area contributed by atoms with Crippen molar-refractivity contribution < 1.29 is 22.3 Å². The first-order valence-corrected chi connectivity index (χ1v) is 6.48. The highest BCUT2D eigenvalue weighted by atomic mass is 32.2. The SMILES string of the molecule is C[N+]1=COCC1.Cc1ccc(S(=O)(=O)[O-])cc1. The van der Waals surface area contributed by atoms with Crippen molar-refractivity contribution in [3.05, 3.63) is 29.8 Å². The van der Waals surface area contributed by atoms with E-state index in [2.05, 4.69) is 0 Å². The third kappa shape index (κ3) is 4.97. The molecule has 0 amide bonds. The fourth-order valence-electron chi connectivity index (χ4n) is 1.13. The van der Waals surface area contributed by atoms with Crippen LogP contribution in [0.2, 0.25) is 0 Å². The van der Waals surface area contributed by atoms with Crippen LogP contribution in [0.25, 0.3) is 0 Å². The predicted molar refractivity (Wildman–Crippen MR) is 62.2 cm³/mol. The molecule has 17 heavy (non-hydrogen) atoms. The van der Waals surface area contributed by atoms with Gasteiger partial charge in [0.15, 0.2) is 13.2 Å². The largest absolute Gasteiger partial charge is 0.744 e. The number of ether oxygens (including phenoxy) is 1. The molecule has 0 atom stereocenters. The molecule has 5 nitrogen and oxygen atoms in total. The number of hydrogen-bond acceptors (Lipinski definition) is 4. The molecule has 0 N–H and O–H groups in total. The number of hydrogen-bond donors (Lipinski definition) is 0. The van der Waals surface area contributed by atoms with Crippen LogP contribution in [0, 0.1) is 6.92 Å². The number of aryl methyl sites for hydroxylation is 1. The molecule has 94 valence electrons. The normalized spacial score (nSPS) is 14.4. The molecule has 0 aromatic heterocycles. The molecule has 6 heteroatoms. The lowest BCUT2D eigenvalue weighted by Gasteiger charge is -2.05. The maximum absolute atomic E-state index is 10.4. The van der Waals surface area contributed by atoms with Gasteiger partial charge in [-0.1, -0.05) is 17.7 Å². The molecule has 0 unspecified atom stereocenters. The van der Waals surface area contributed by atoms with Gasteiger partial charge in [0.1, 0.15) is 17.2 Å². The Labute approximate surface area is 101 Å². The van der Waals surface area contributed by atoms with Crippen LogP contribution in [0.4, 0.5) is 0 Å². The lowest BCUT2D eigenvalue weighted by molar-refractivity contribution is -0.482. The summed E-state index contributed by atoms with van der Waals surface area (Å²) >= 11 is 0. The number of benzene rings is 1. The van der Waals surface area contributed by atoms with Crippen molar-refractivity contribution in [1.29, 1.82) is 0 Å². The van der Waals surface area contributed by atoms with Crippen LogP contribution in [0.3, 0.4) is 0 Å². The van der Waals surface area contributed by atoms with Crippen molar-refractivity contribution in [3.8, 4) is 0 Å². The summed E-state index contributed by atoms with van der Waals surface area (Å²) in [4.78, 5) is -0.178. The van der Waals surface area contributed by atoms with E-state index in [1.807, 2.05) is 18.5 Å². The Balaban J connectivity index is 0.000000202. The van der Waals surface area contributed by atoms with Gasteiger partial charge in [0.05, 0.1) is 4.90 Å². The molecule has 0 saturated heterocycles. The molecular formula is C11H15NO4S. The van der Waals surface area contributed by atoms with Crippen molar-refractivity contribution >= 4 is 16.5 Å². The second-order valence-electron chi connectivity index (χ2n) is 3.72. The van der Waals surface area contributed by atoms with Crippen molar-refractivity contribution in [2.45, 2.75) is 11.8 Å². The molecule has 0 radical (unpaired) electrons. The smallest absolute Gasteiger partial charge is 0.323 e. The Bertz CT molecular complexity index is 491. The van der Waals surface area contributed by atoms with E-state index in [4.69, 9.17) is 4.74 Å². The summed E-state index contributed by atoms with van der Waals surface area (Å²) in [5.74, 6) is 0. The fourth-order valence-corrected chi connectivity index (χ4v) is 1.60. The zero-order valence-electron chi connectivity index (χ0n) is 9.79. The molecule has 1 heterocycles. The predicted octanol–water partition coefficient (Wildman–Crippen LogP) is 0.586. The van der Waals surface area contributed by atoms with Crippen molar-refractivity contribution in [1.82, 2.24) is 0 Å². The van der Waals surface area contributed by atoms with Gasteiger partial charge in [-0.15, -0.1) is 0 Å². The van der Waals surface area contributed by atoms with E-state index >= 15 is 0 Å². The topological polar surface area (TPSA) is 69.4 Å². The highest BCUT2D eigenvalue weighted by molar-refractivity contribution is 7.85. The maximum atomic E-state index is 10.4. The summed E-state index contributed by atoms with van der Waals surface area (Å²) < 4.78 is 38.0. The van der Waals surface area contributed by atoms with Crippen LogP contribution in [-0.4, -0.2) is 44.1 Å². The van der Waals surface area contributed by atoms with Crippen LogP contribution in [0.15, 0.2) is 29.2 Å². The molecule has 1 aliphatic rings. The van der Waals surface area contributed by atoms with E-state index in [9.17, 15) is 13.0 Å². The van der Waals surface area contributed by atoms with Gasteiger partial charge in [0.25, 0.3) is 0 Å². The first kappa shape index (κ1) is 13.7. The van der Waals surface area contributed by atoms with Gasteiger partial charge in [0, 0.05) is 0 Å². The summed E-state index contributed by atoms with van der Waals surface area (Å²) in [5, 5.41) is 0. The fraction of sp³-hybridized carbons (Fsp3) is 0.364. The second kappa shape index (κ2) is 5.79. The summed E-state index contributed by atoms with van der Waals surface area (Å²) in [6.45, 7) is 3.72. The lowest BCUT2D eigenvalue weighted by atomic mass is 10.2. The average molecular weight is 257 g/mol. The number of likely N-dealkylation sites (N-methyl/N-ethyl adjacent to an activating group) is 1. The van der Waals surface area contributed by atoms with E-state index in [1.54, 1.807) is 18.5 Å². The van der Waals surface area contributed by atoms with Gasteiger partial charge in [-0.25, -0.2) is 13.0 Å². The number of rotatable bonds is 1. The third-order valence-electron chi connectivity index (χ3n) is 2.13. The van der Waals surface area contributed by atoms with Gasteiger partial charge in [-0.3, -0.25) is 0 Å². The maximum Gasteiger partial charge on any atom is 0.323 e. The summed E-state index contributed by atoms with van der Waals surface area (Å²) in [6.07, 6.45) is 1.74. The standard InChI is InChI=1S/C7H8O3S.C4H8NO/c1-6-2-4-7(5-3-6)11(8,9)10;1-5-2-3-6-4-5/h2-5H,1H3,(H,8,9,10);4H,2-3H2,1H3/q;+1/p-1. The molecule has 1 aromatic rings. The van der Waals surface area contributed by atoms with E-state index in [0.29, 0.717) is 0 Å². The Kier molecular flexibility index (Phi) is 4.65. The van der Waals surface area contributed by atoms with Crippen LogP contribution >= 0.6 is 0 Å². The Morgan fingerprint density at radius 1 is 1.29 bits per heavy atom. The van der Waals surface area contributed by atoms with Crippen LogP contribution in [-0.2, 0) is 14.9 Å². The molecule has 0 aliphatic carbocycles. The molecule has 0 spiro atoms. The second-order valence-corrected chi connectivity index (χ2v) is 5.10. The zero-order chi connectivity index (χ0) is 12.9. The van der Waals surface area contributed by atoms with Crippen LogP contribution < -0.4 is 0 Å². The van der Waals surface area contributed by atoms with E-state index < -0.39 is 10.1 Å². The Morgan fingerprint density at radius 3 is 2.18 bits per heavy atom. The van der Waals surface area contributed by atoms with E-state index in [0.717, 1.165) is 18.7 Å². The van der Waals surface area contributed by atoms with E-state index in [-0.39, 0.29) is 4.90 Å². The minimum absolute atomic E-state index is 0.178. The lowest BCUT2D eigenvalue weighted by Crippen LogP contribution is -2.00. The van der Waals surface area contributed by atoms with Crippen LogP contribution in [0.1, 0.15) is 5.56 Å². The Morgan fingerprint density at radius 2 is 1.88 bits per heavy atom. The molecule has 1 aliphatic heterocycles. The van der Waals surface area contributed by atoms with Crippen molar-refractivity contribution in [2.24, 2.45) is 0 Å². The molecule has 1 aromatic carbocycles. The van der Waals surface area contributed by atoms with Gasteiger partial charge >= 0.3 is 6.40 Å². The van der Waals surface area contributed by atoms with Gasteiger partial charge < -0.3 is 9.29 Å². The molecule has 0 saturated carbocycles. The van der Waals surface area contributed by atoms with Crippen molar-refractivity contribution in [3.63, 3.8) is 0 Å². The molecule has 0 fully saturated rings. The minimum atomic E-state index is -4.27. The highest BCUT2D eigenvalue weighted by Crippen LogP contribution is 2.08. The van der Waals surface area contributed by atoms with Gasteiger partial charge in [-0.2, -0.15) is 0 Å². The minimum Gasteiger partial charge on any atom is -0.744 e. The van der Waals surface area contributed by atoms with Gasteiger partial charge in [-0.05, 0) is 19.1 Å². The highest BCUT2D eigenvalue weighted by Gasteiger charge is 2.02. The van der Waals surface area contributed by atoms with Crippen LogP contribution in [0.5, 0.6) is 0 Å². The summed E-state index contributed by atoms with van der Waals surface area (Å²) in [5.41, 5.74) is 0.928. The molecule has 0 bridgehead atoms. The zero-order valence-corrected chi connectivity index (χ0v) is 10.6. The number of nitrogens with zero attached hydrogens (tertiary/aromatic N) is 1. The Hall–Kier alpha value is -1.40. The molecular weight excluding hydrogens is 242 g/mol. The summed E-state index contributed by atoms with van der Waals surface area (Å²) in [7, 11) is -2.28. The monoisotopic (exact) mass is 257 g/mol. The third-order valence-corrected chi connectivity index (χ3v) is 2.98.